The summed E-state index contributed by atoms with van der Waals surface area (Å²) >= 11 is 2.96. The van der Waals surface area contributed by atoms with Gasteiger partial charge in [0.25, 0.3) is 0 Å². The second-order valence-corrected chi connectivity index (χ2v) is 6.60. The van der Waals surface area contributed by atoms with Gasteiger partial charge in [0.05, 0.1) is 0 Å². The second-order valence-electron chi connectivity index (χ2n) is 4.40. The summed E-state index contributed by atoms with van der Waals surface area (Å²) in [7, 11) is 0. The molecule has 2 aromatic rings. The van der Waals surface area contributed by atoms with Gasteiger partial charge in [0.2, 0.25) is 5.13 Å². The Balaban J connectivity index is 1.49. The number of urea groups is 1. The van der Waals surface area contributed by atoms with E-state index in [-0.39, 0.29) is 6.03 Å². The van der Waals surface area contributed by atoms with Gasteiger partial charge in [-0.05, 0) is 24.5 Å². The van der Waals surface area contributed by atoms with Gasteiger partial charge in [-0.15, -0.1) is 10.2 Å². The van der Waals surface area contributed by atoms with Gasteiger partial charge in [-0.1, -0.05) is 29.2 Å². The zero-order valence-electron chi connectivity index (χ0n) is 10.6. The number of carbonyl (C=O) groups is 1. The van der Waals surface area contributed by atoms with Gasteiger partial charge in [-0.2, -0.15) is 0 Å². The number of pyridine rings is 1. The molecule has 0 radical (unpaired) electrons. The fourth-order valence-electron chi connectivity index (χ4n) is 1.49. The maximum absolute atomic E-state index is 11.6. The van der Waals surface area contributed by atoms with Crippen molar-refractivity contribution >= 4 is 34.3 Å². The lowest BCUT2D eigenvalue weighted by atomic mass is 10.3. The highest BCUT2D eigenvalue weighted by Crippen LogP contribution is 2.28. The molecule has 0 atom stereocenters. The van der Waals surface area contributed by atoms with Crippen molar-refractivity contribution in [3.8, 4) is 0 Å². The number of nitrogens with zero attached hydrogens (tertiary/aromatic N) is 3. The third-order valence-corrected chi connectivity index (χ3v) is 4.67. The van der Waals surface area contributed by atoms with Crippen molar-refractivity contribution in [1.82, 2.24) is 20.5 Å². The number of rotatable bonds is 5. The molecule has 0 unspecified atom stereocenters. The highest BCUT2D eigenvalue weighted by atomic mass is 32.2. The Hall–Kier alpha value is -1.67. The quantitative estimate of drug-likeness (QED) is 0.655. The number of amides is 2. The maximum Gasteiger partial charge on any atom is 0.321 e. The molecule has 1 saturated carbocycles. The number of hydrogen-bond acceptors (Lipinski definition) is 6. The smallest absolute Gasteiger partial charge is 0.321 e. The molecule has 1 aliphatic rings. The van der Waals surface area contributed by atoms with Crippen LogP contribution in [0.5, 0.6) is 0 Å². The normalized spacial score (nSPS) is 14.0. The van der Waals surface area contributed by atoms with Crippen LogP contribution in [-0.2, 0) is 5.75 Å². The molecule has 3 rings (SSSR count). The Labute approximate surface area is 124 Å². The Morgan fingerprint density at radius 2 is 2.35 bits per heavy atom. The lowest BCUT2D eigenvalue weighted by Gasteiger charge is -2.01. The van der Waals surface area contributed by atoms with E-state index in [2.05, 4.69) is 25.8 Å². The molecule has 1 fully saturated rings. The monoisotopic (exact) mass is 307 g/mol. The molecule has 0 aliphatic heterocycles. The summed E-state index contributed by atoms with van der Waals surface area (Å²) in [6.07, 6.45) is 5.71. The van der Waals surface area contributed by atoms with Crippen molar-refractivity contribution < 1.29 is 4.79 Å². The molecule has 8 heteroatoms. The van der Waals surface area contributed by atoms with Crippen molar-refractivity contribution in [1.29, 1.82) is 0 Å². The number of aromatic nitrogens is 3. The minimum absolute atomic E-state index is 0.201. The first-order chi connectivity index (χ1) is 9.79. The molecule has 1 aliphatic carbocycles. The van der Waals surface area contributed by atoms with E-state index in [9.17, 15) is 4.79 Å². The van der Waals surface area contributed by atoms with Crippen LogP contribution < -0.4 is 10.6 Å². The number of thioether (sulfide) groups is 1. The molecule has 0 saturated heterocycles. The zero-order chi connectivity index (χ0) is 13.8. The van der Waals surface area contributed by atoms with Gasteiger partial charge in [-0.25, -0.2) is 4.79 Å². The standard InChI is InChI=1S/C12H13N5OS2/c18-10(14-9-3-4-9)15-11-16-17-12(20-11)19-7-8-2-1-5-13-6-8/h1-2,5-6,9H,3-4,7H2,(H2,14,15,16,18). The second kappa shape index (κ2) is 6.19. The van der Waals surface area contributed by atoms with Crippen LogP contribution in [0.4, 0.5) is 9.93 Å². The molecule has 0 bridgehead atoms. The molecular weight excluding hydrogens is 294 g/mol. The summed E-state index contributed by atoms with van der Waals surface area (Å²) in [5, 5.41) is 14.1. The van der Waals surface area contributed by atoms with Gasteiger partial charge in [0, 0.05) is 24.2 Å². The Kier molecular flexibility index (Phi) is 4.12. The van der Waals surface area contributed by atoms with Crippen LogP contribution in [0.3, 0.4) is 0 Å². The molecule has 2 amide bonds. The summed E-state index contributed by atoms with van der Waals surface area (Å²) < 4.78 is 0.829. The van der Waals surface area contributed by atoms with E-state index in [0.29, 0.717) is 11.2 Å². The summed E-state index contributed by atoms with van der Waals surface area (Å²) in [5.74, 6) is 0.788. The van der Waals surface area contributed by atoms with E-state index in [1.807, 2.05) is 18.3 Å². The SMILES string of the molecule is O=C(Nc1nnc(SCc2cccnc2)s1)NC1CC1. The maximum atomic E-state index is 11.6. The minimum Gasteiger partial charge on any atom is -0.335 e. The van der Waals surface area contributed by atoms with Crippen LogP contribution in [0, 0.1) is 0 Å². The highest BCUT2D eigenvalue weighted by Gasteiger charge is 2.23. The average Bonchev–Trinajstić information content (AvgIpc) is 3.15. The molecule has 0 aromatic carbocycles. The fourth-order valence-corrected chi connectivity index (χ4v) is 3.17. The van der Waals surface area contributed by atoms with Crippen molar-refractivity contribution in [2.75, 3.05) is 5.32 Å². The van der Waals surface area contributed by atoms with Crippen LogP contribution in [-0.4, -0.2) is 27.3 Å². The Morgan fingerprint density at radius 1 is 1.45 bits per heavy atom. The van der Waals surface area contributed by atoms with Gasteiger partial charge in [0.1, 0.15) is 0 Å². The van der Waals surface area contributed by atoms with E-state index in [0.717, 1.165) is 28.5 Å². The third-order valence-electron chi connectivity index (χ3n) is 2.62. The molecule has 0 spiro atoms. The first-order valence-corrected chi connectivity index (χ1v) is 8.02. The lowest BCUT2D eigenvalue weighted by Crippen LogP contribution is -2.30. The first kappa shape index (κ1) is 13.3. The van der Waals surface area contributed by atoms with E-state index in [4.69, 9.17) is 0 Å². The van der Waals surface area contributed by atoms with Crippen molar-refractivity contribution in [3.63, 3.8) is 0 Å². The van der Waals surface area contributed by atoms with E-state index >= 15 is 0 Å². The summed E-state index contributed by atoms with van der Waals surface area (Å²) in [6, 6.07) is 4.06. The molecule has 20 heavy (non-hydrogen) atoms. The van der Waals surface area contributed by atoms with Crippen molar-refractivity contribution in [2.45, 2.75) is 29.0 Å². The molecule has 2 heterocycles. The van der Waals surface area contributed by atoms with Crippen LogP contribution in [0.1, 0.15) is 18.4 Å². The summed E-state index contributed by atoms with van der Waals surface area (Å²) in [6.45, 7) is 0. The Bertz CT molecular complexity index is 585. The molecular formula is C12H13N5OS2. The van der Waals surface area contributed by atoms with E-state index < -0.39 is 0 Å². The number of nitrogens with one attached hydrogen (secondary N) is 2. The van der Waals surface area contributed by atoms with Gasteiger partial charge >= 0.3 is 6.03 Å². The van der Waals surface area contributed by atoms with Gasteiger partial charge < -0.3 is 5.32 Å². The first-order valence-electron chi connectivity index (χ1n) is 6.22. The molecule has 2 N–H and O–H groups in total. The number of carbonyl (C=O) groups excluding carboxylic acids is 1. The van der Waals surface area contributed by atoms with Gasteiger partial charge in [-0.3, -0.25) is 10.3 Å². The highest BCUT2D eigenvalue weighted by molar-refractivity contribution is 8.00. The van der Waals surface area contributed by atoms with Gasteiger partial charge in [0.15, 0.2) is 4.34 Å². The predicted molar refractivity (Wildman–Crippen MR) is 78.9 cm³/mol. The largest absolute Gasteiger partial charge is 0.335 e. The summed E-state index contributed by atoms with van der Waals surface area (Å²) in [4.78, 5) is 15.6. The van der Waals surface area contributed by atoms with E-state index in [1.165, 1.54) is 11.3 Å². The number of hydrogen-bond donors (Lipinski definition) is 2. The fraction of sp³-hybridized carbons (Fsp3) is 0.333. The predicted octanol–water partition coefficient (Wildman–Crippen LogP) is 2.51. The topological polar surface area (TPSA) is 79.8 Å². The van der Waals surface area contributed by atoms with Crippen LogP contribution in [0.15, 0.2) is 28.9 Å². The third kappa shape index (κ3) is 3.91. The molecule has 6 nitrogen and oxygen atoms in total. The van der Waals surface area contributed by atoms with Crippen molar-refractivity contribution in [2.24, 2.45) is 0 Å². The van der Waals surface area contributed by atoms with Crippen LogP contribution >= 0.6 is 23.1 Å². The summed E-state index contributed by atoms with van der Waals surface area (Å²) in [5.41, 5.74) is 1.13. The van der Waals surface area contributed by atoms with Crippen LogP contribution in [0.25, 0.3) is 0 Å². The number of anilines is 1. The zero-order valence-corrected chi connectivity index (χ0v) is 12.2. The lowest BCUT2D eigenvalue weighted by molar-refractivity contribution is 0.251. The average molecular weight is 307 g/mol. The van der Waals surface area contributed by atoms with Crippen LogP contribution in [0.2, 0.25) is 0 Å². The van der Waals surface area contributed by atoms with Crippen molar-refractivity contribution in [3.05, 3.63) is 30.1 Å². The Morgan fingerprint density at radius 3 is 3.10 bits per heavy atom. The molecule has 104 valence electrons. The van der Waals surface area contributed by atoms with E-state index in [1.54, 1.807) is 18.0 Å². The molecule has 2 aromatic heterocycles. The minimum atomic E-state index is -0.201.